The molecule has 0 aromatic carbocycles. The van der Waals surface area contributed by atoms with Gasteiger partial charge in [-0.3, -0.25) is 9.69 Å². The first kappa shape index (κ1) is 20.9. The van der Waals surface area contributed by atoms with Crippen LogP contribution in [0.4, 0.5) is 5.82 Å². The SMILES string of the molecule is Cc1c(C#N)c(NC(=O)CN(C)Cc2ccc(Cl)s2)n(C[C@@H]2CCCO2)c1C. The van der Waals surface area contributed by atoms with Crippen molar-refractivity contribution in [2.45, 2.75) is 45.9 Å². The Morgan fingerprint density at radius 2 is 2.29 bits per heavy atom. The number of amides is 1. The molecule has 0 radical (unpaired) electrons. The molecule has 1 amide bonds. The Balaban J connectivity index is 1.71. The molecule has 8 heteroatoms. The molecule has 1 atom stereocenters. The zero-order chi connectivity index (χ0) is 20.3. The molecule has 0 spiro atoms. The van der Waals surface area contributed by atoms with Gasteiger partial charge in [0.25, 0.3) is 0 Å². The second-order valence-electron chi connectivity index (χ2n) is 7.22. The highest BCUT2D eigenvalue weighted by Gasteiger charge is 2.24. The van der Waals surface area contributed by atoms with Crippen LogP contribution in [0.2, 0.25) is 4.34 Å². The number of aromatic nitrogens is 1. The number of anilines is 1. The van der Waals surface area contributed by atoms with Crippen molar-refractivity contribution in [3.05, 3.63) is 38.2 Å². The minimum Gasteiger partial charge on any atom is -0.376 e. The summed E-state index contributed by atoms with van der Waals surface area (Å²) < 4.78 is 8.51. The van der Waals surface area contributed by atoms with Crippen molar-refractivity contribution >= 4 is 34.7 Å². The smallest absolute Gasteiger partial charge is 0.239 e. The lowest BCUT2D eigenvalue weighted by Gasteiger charge is -2.19. The number of halogens is 1. The molecular weight excluding hydrogens is 396 g/mol. The number of thiophene rings is 1. The average molecular weight is 421 g/mol. The van der Waals surface area contributed by atoms with E-state index in [2.05, 4.69) is 11.4 Å². The summed E-state index contributed by atoms with van der Waals surface area (Å²) in [6.07, 6.45) is 2.17. The van der Waals surface area contributed by atoms with E-state index in [9.17, 15) is 10.1 Å². The maximum absolute atomic E-state index is 12.7. The molecule has 2 aromatic rings. The number of hydrogen-bond donors (Lipinski definition) is 1. The van der Waals surface area contributed by atoms with Gasteiger partial charge in [0.2, 0.25) is 5.91 Å². The number of carbonyl (C=O) groups is 1. The van der Waals surface area contributed by atoms with Crippen LogP contribution in [0.1, 0.15) is 34.5 Å². The number of hydrogen-bond acceptors (Lipinski definition) is 5. The predicted molar refractivity (Wildman–Crippen MR) is 112 cm³/mol. The van der Waals surface area contributed by atoms with Gasteiger partial charge in [-0.15, -0.1) is 11.3 Å². The minimum atomic E-state index is -0.146. The number of carbonyl (C=O) groups excluding carboxylic acids is 1. The molecule has 1 fully saturated rings. The van der Waals surface area contributed by atoms with Gasteiger partial charge < -0.3 is 14.6 Å². The molecule has 1 N–H and O–H groups in total. The number of ether oxygens (including phenoxy) is 1. The molecular formula is C20H25ClN4O2S. The van der Waals surface area contributed by atoms with Crippen LogP contribution in [0.3, 0.4) is 0 Å². The molecule has 1 aliphatic rings. The molecule has 3 heterocycles. The van der Waals surface area contributed by atoms with E-state index in [0.29, 0.717) is 24.5 Å². The molecule has 28 heavy (non-hydrogen) atoms. The number of rotatable bonds is 7. The summed E-state index contributed by atoms with van der Waals surface area (Å²) in [6.45, 7) is 6.19. The summed E-state index contributed by atoms with van der Waals surface area (Å²) in [4.78, 5) is 15.7. The summed E-state index contributed by atoms with van der Waals surface area (Å²) in [6, 6.07) is 6.07. The Labute approximate surface area is 174 Å². The molecule has 6 nitrogen and oxygen atoms in total. The van der Waals surface area contributed by atoms with Crippen LogP contribution < -0.4 is 5.32 Å². The first-order valence-corrected chi connectivity index (χ1v) is 10.5. The van der Waals surface area contributed by atoms with E-state index in [1.807, 2.05) is 42.5 Å². The van der Waals surface area contributed by atoms with Crippen molar-refractivity contribution in [1.82, 2.24) is 9.47 Å². The fraction of sp³-hybridized carbons (Fsp3) is 0.500. The lowest BCUT2D eigenvalue weighted by molar-refractivity contribution is -0.117. The van der Waals surface area contributed by atoms with Gasteiger partial charge in [-0.05, 0) is 51.4 Å². The van der Waals surface area contributed by atoms with Crippen LogP contribution in [0.25, 0.3) is 0 Å². The summed E-state index contributed by atoms with van der Waals surface area (Å²) >= 11 is 7.48. The second kappa shape index (κ2) is 9.10. The van der Waals surface area contributed by atoms with Gasteiger partial charge in [0.15, 0.2) is 0 Å². The molecule has 0 aliphatic carbocycles. The van der Waals surface area contributed by atoms with Crippen molar-refractivity contribution in [1.29, 1.82) is 5.26 Å². The molecule has 150 valence electrons. The van der Waals surface area contributed by atoms with Gasteiger partial charge in [-0.25, -0.2) is 0 Å². The molecule has 0 bridgehead atoms. The van der Waals surface area contributed by atoms with E-state index < -0.39 is 0 Å². The van der Waals surface area contributed by atoms with Gasteiger partial charge in [-0.2, -0.15) is 5.26 Å². The van der Waals surface area contributed by atoms with Crippen LogP contribution in [0, 0.1) is 25.2 Å². The summed E-state index contributed by atoms with van der Waals surface area (Å²) in [5, 5.41) is 12.6. The lowest BCUT2D eigenvalue weighted by atomic mass is 10.2. The largest absolute Gasteiger partial charge is 0.376 e. The van der Waals surface area contributed by atoms with Crippen molar-refractivity contribution < 1.29 is 9.53 Å². The average Bonchev–Trinajstić information content (AvgIpc) is 3.34. The third kappa shape index (κ3) is 4.76. The Kier molecular flexibility index (Phi) is 6.78. The van der Waals surface area contributed by atoms with Crippen LogP contribution in [0.5, 0.6) is 0 Å². The van der Waals surface area contributed by atoms with Crippen LogP contribution in [0.15, 0.2) is 12.1 Å². The Morgan fingerprint density at radius 1 is 1.50 bits per heavy atom. The standard InChI is InChI=1S/C20H25ClN4O2S/c1-13-14(2)25(10-15-5-4-8-27-15)20(17(13)9-22)23-19(26)12-24(3)11-16-6-7-18(21)28-16/h6-7,15H,4-5,8,10-12H2,1-3H3,(H,23,26)/t15-/m0/s1. The first-order valence-electron chi connectivity index (χ1n) is 9.33. The second-order valence-corrected chi connectivity index (χ2v) is 9.02. The van der Waals surface area contributed by atoms with E-state index in [-0.39, 0.29) is 18.6 Å². The summed E-state index contributed by atoms with van der Waals surface area (Å²) in [5.74, 6) is 0.429. The van der Waals surface area contributed by atoms with Gasteiger partial charge in [-0.1, -0.05) is 11.6 Å². The highest BCUT2D eigenvalue weighted by atomic mass is 35.5. The highest BCUT2D eigenvalue weighted by molar-refractivity contribution is 7.16. The normalized spacial score (nSPS) is 16.5. The van der Waals surface area contributed by atoms with Crippen LogP contribution >= 0.6 is 22.9 Å². The zero-order valence-corrected chi connectivity index (χ0v) is 18.0. The third-order valence-corrected chi connectivity index (χ3v) is 6.29. The molecule has 0 unspecified atom stereocenters. The Bertz CT molecular complexity index is 893. The fourth-order valence-electron chi connectivity index (χ4n) is 3.53. The van der Waals surface area contributed by atoms with Gasteiger partial charge in [0.05, 0.1) is 29.1 Å². The first-order chi connectivity index (χ1) is 13.4. The molecule has 0 saturated carbocycles. The third-order valence-electron chi connectivity index (χ3n) is 5.08. The van der Waals surface area contributed by atoms with E-state index in [0.717, 1.165) is 39.9 Å². The van der Waals surface area contributed by atoms with Crippen molar-refractivity contribution in [3.63, 3.8) is 0 Å². The number of nitrogens with zero attached hydrogens (tertiary/aromatic N) is 3. The maximum Gasteiger partial charge on any atom is 0.239 e. The topological polar surface area (TPSA) is 70.3 Å². The Hall–Kier alpha value is -1.85. The summed E-state index contributed by atoms with van der Waals surface area (Å²) in [7, 11) is 1.89. The zero-order valence-electron chi connectivity index (χ0n) is 16.4. The molecule has 1 aliphatic heterocycles. The van der Waals surface area contributed by atoms with Gasteiger partial charge >= 0.3 is 0 Å². The Morgan fingerprint density at radius 3 is 2.89 bits per heavy atom. The fourth-order valence-corrected chi connectivity index (χ4v) is 4.69. The van der Waals surface area contributed by atoms with Crippen molar-refractivity contribution in [2.75, 3.05) is 25.5 Å². The predicted octanol–water partition coefficient (Wildman–Crippen LogP) is 3.94. The van der Waals surface area contributed by atoms with Crippen LogP contribution in [-0.4, -0.2) is 41.7 Å². The van der Waals surface area contributed by atoms with E-state index >= 15 is 0 Å². The maximum atomic E-state index is 12.7. The molecule has 3 rings (SSSR count). The lowest BCUT2D eigenvalue weighted by Crippen LogP contribution is -2.31. The summed E-state index contributed by atoms with van der Waals surface area (Å²) in [5.41, 5.74) is 2.41. The molecule has 2 aromatic heterocycles. The van der Waals surface area contributed by atoms with Crippen molar-refractivity contribution in [2.24, 2.45) is 0 Å². The van der Waals surface area contributed by atoms with Gasteiger partial charge in [0.1, 0.15) is 11.9 Å². The number of likely N-dealkylation sites (N-methyl/N-ethyl adjacent to an activating group) is 1. The van der Waals surface area contributed by atoms with Crippen molar-refractivity contribution in [3.8, 4) is 6.07 Å². The van der Waals surface area contributed by atoms with Gasteiger partial charge in [0, 0.05) is 23.7 Å². The van der Waals surface area contributed by atoms with E-state index in [4.69, 9.17) is 16.3 Å². The number of nitrogens with one attached hydrogen (secondary N) is 1. The monoisotopic (exact) mass is 420 g/mol. The highest BCUT2D eigenvalue weighted by Crippen LogP contribution is 2.28. The minimum absolute atomic E-state index is 0.124. The number of nitriles is 1. The van der Waals surface area contributed by atoms with E-state index in [1.165, 1.54) is 11.3 Å². The molecule has 1 saturated heterocycles. The quantitative estimate of drug-likeness (QED) is 0.736. The van der Waals surface area contributed by atoms with Crippen LogP contribution in [-0.2, 0) is 22.6 Å². The van der Waals surface area contributed by atoms with E-state index in [1.54, 1.807) is 0 Å².